The minimum Gasteiger partial charge on any atom is -0.372 e. The molecule has 3 rings (SSSR count). The summed E-state index contributed by atoms with van der Waals surface area (Å²) in [6, 6.07) is 6.14. The number of hydrogen-bond donors (Lipinski definition) is 1. The van der Waals surface area contributed by atoms with Crippen molar-refractivity contribution in [3.05, 3.63) is 46.9 Å². The first-order valence-corrected chi connectivity index (χ1v) is 9.11. The Morgan fingerprint density at radius 1 is 1.23 bits per heavy atom. The number of halogens is 1. The molecule has 0 radical (unpaired) electrons. The summed E-state index contributed by atoms with van der Waals surface area (Å²) in [4.78, 5) is 6.38. The van der Waals surface area contributed by atoms with Gasteiger partial charge in [-0.15, -0.1) is 16.4 Å². The summed E-state index contributed by atoms with van der Waals surface area (Å²) in [6.07, 6.45) is -0.805. The predicted molar refractivity (Wildman–Crippen MR) is 99.6 cm³/mol. The number of nitrogens with zero attached hydrogens (tertiary/aromatic N) is 5. The third kappa shape index (κ3) is 3.53. The molecule has 3 aromatic rings. The monoisotopic (exact) mass is 375 g/mol. The number of benzene rings is 1. The highest BCUT2D eigenvalue weighted by atomic mass is 32.1. The third-order valence-electron chi connectivity index (χ3n) is 4.39. The summed E-state index contributed by atoms with van der Waals surface area (Å²) < 4.78 is 14.8. The van der Waals surface area contributed by atoms with E-state index in [1.165, 1.54) is 23.5 Å². The molecule has 6 nitrogen and oxygen atoms in total. The lowest BCUT2D eigenvalue weighted by atomic mass is 10.1. The van der Waals surface area contributed by atoms with Gasteiger partial charge in [0.05, 0.1) is 11.4 Å². The Morgan fingerprint density at radius 2 is 1.88 bits per heavy atom. The highest BCUT2D eigenvalue weighted by Crippen LogP contribution is 2.28. The van der Waals surface area contributed by atoms with Crippen molar-refractivity contribution in [3.8, 4) is 16.4 Å². The number of aromatic nitrogens is 4. The van der Waals surface area contributed by atoms with Gasteiger partial charge in [-0.25, -0.2) is 9.37 Å². The zero-order valence-corrected chi connectivity index (χ0v) is 16.3. The van der Waals surface area contributed by atoms with Crippen molar-refractivity contribution in [2.24, 2.45) is 0 Å². The van der Waals surface area contributed by atoms with Crippen molar-refractivity contribution in [2.75, 3.05) is 7.05 Å². The summed E-state index contributed by atoms with van der Waals surface area (Å²) in [7, 11) is 1.86. The van der Waals surface area contributed by atoms with Crippen LogP contribution in [0.25, 0.3) is 16.4 Å². The highest BCUT2D eigenvalue weighted by Gasteiger charge is 2.27. The summed E-state index contributed by atoms with van der Waals surface area (Å²) in [6.45, 7) is 7.97. The van der Waals surface area contributed by atoms with Gasteiger partial charge in [0.15, 0.2) is 6.23 Å². The Morgan fingerprint density at radius 3 is 2.50 bits per heavy atom. The number of aliphatic hydroxyl groups excluding tert-OH is 1. The maximum absolute atomic E-state index is 13.1. The van der Waals surface area contributed by atoms with E-state index < -0.39 is 6.23 Å². The third-order valence-corrected chi connectivity index (χ3v) is 5.23. The van der Waals surface area contributed by atoms with E-state index in [0.717, 1.165) is 11.3 Å². The molecule has 0 aliphatic rings. The van der Waals surface area contributed by atoms with Crippen LogP contribution in [0, 0.1) is 12.7 Å². The lowest BCUT2D eigenvalue weighted by Gasteiger charge is -2.34. The van der Waals surface area contributed by atoms with Gasteiger partial charge in [-0.05, 0) is 59.0 Å². The van der Waals surface area contributed by atoms with Gasteiger partial charge in [0.2, 0.25) is 5.13 Å². The Bertz CT molecular complexity index is 897. The van der Waals surface area contributed by atoms with E-state index in [4.69, 9.17) is 0 Å². The first-order valence-electron chi connectivity index (χ1n) is 8.23. The number of aliphatic hydroxyl groups is 1. The second-order valence-corrected chi connectivity index (χ2v) is 7.99. The Kier molecular flexibility index (Phi) is 4.92. The Hall–Kier alpha value is -2.16. The Labute approximate surface area is 155 Å². The van der Waals surface area contributed by atoms with E-state index >= 15 is 0 Å². The van der Waals surface area contributed by atoms with Crippen molar-refractivity contribution in [2.45, 2.75) is 39.5 Å². The van der Waals surface area contributed by atoms with Crippen LogP contribution in [0.5, 0.6) is 0 Å². The summed E-state index contributed by atoms with van der Waals surface area (Å²) in [5.74, 6) is -0.291. The molecule has 0 aliphatic carbocycles. The predicted octanol–water partition coefficient (Wildman–Crippen LogP) is 3.56. The van der Waals surface area contributed by atoms with E-state index in [1.807, 2.05) is 45.0 Å². The van der Waals surface area contributed by atoms with Crippen molar-refractivity contribution < 1.29 is 9.50 Å². The lowest BCUT2D eigenvalue weighted by molar-refractivity contribution is -0.0359. The molecular formula is C18H22FN5OS. The van der Waals surface area contributed by atoms with E-state index in [9.17, 15) is 9.50 Å². The fourth-order valence-electron chi connectivity index (χ4n) is 2.44. The fourth-order valence-corrected chi connectivity index (χ4v) is 3.27. The zero-order valence-electron chi connectivity index (χ0n) is 15.4. The van der Waals surface area contributed by atoms with Crippen molar-refractivity contribution in [3.63, 3.8) is 0 Å². The van der Waals surface area contributed by atoms with Gasteiger partial charge >= 0.3 is 0 Å². The average molecular weight is 375 g/mol. The molecule has 2 heterocycles. The van der Waals surface area contributed by atoms with Crippen LogP contribution >= 0.6 is 11.3 Å². The molecule has 2 aromatic heterocycles. The SMILES string of the molecule is Cc1c(-c2ccc(F)cc2)nnn1-c1nc(C(O)N(C)C(C)(C)C)cs1. The average Bonchev–Trinajstić information content (AvgIpc) is 3.20. The second kappa shape index (κ2) is 6.86. The molecule has 138 valence electrons. The summed E-state index contributed by atoms with van der Waals surface area (Å²) >= 11 is 1.39. The number of thiazole rings is 1. The lowest BCUT2D eigenvalue weighted by Crippen LogP contribution is -2.40. The molecule has 0 amide bonds. The molecule has 1 N–H and O–H groups in total. The molecular weight excluding hydrogens is 353 g/mol. The van der Waals surface area contributed by atoms with Gasteiger partial charge in [-0.1, -0.05) is 5.21 Å². The maximum atomic E-state index is 13.1. The molecule has 1 unspecified atom stereocenters. The van der Waals surface area contributed by atoms with Crippen LogP contribution in [-0.4, -0.2) is 42.6 Å². The van der Waals surface area contributed by atoms with E-state index in [2.05, 4.69) is 15.3 Å². The van der Waals surface area contributed by atoms with Crippen LogP contribution in [-0.2, 0) is 0 Å². The van der Waals surface area contributed by atoms with Crippen LogP contribution in [0.2, 0.25) is 0 Å². The minimum atomic E-state index is -0.805. The van der Waals surface area contributed by atoms with Gasteiger partial charge in [0.25, 0.3) is 0 Å². The number of hydrogen-bond acceptors (Lipinski definition) is 6. The maximum Gasteiger partial charge on any atom is 0.212 e. The fraction of sp³-hybridized carbons (Fsp3) is 0.389. The second-order valence-electron chi connectivity index (χ2n) is 7.15. The van der Waals surface area contributed by atoms with E-state index in [1.54, 1.807) is 16.8 Å². The van der Waals surface area contributed by atoms with Gasteiger partial charge in [0, 0.05) is 16.5 Å². The molecule has 0 bridgehead atoms. The smallest absolute Gasteiger partial charge is 0.212 e. The quantitative estimate of drug-likeness (QED) is 0.706. The standard InChI is InChI=1S/C18H22FN5OS/c1-11-15(12-6-8-13(19)9-7-12)21-22-24(11)17-20-14(10-26-17)16(25)23(5)18(2,3)4/h6-10,16,25H,1-5H3. The summed E-state index contributed by atoms with van der Waals surface area (Å²) in [5.41, 5.74) is 2.65. The van der Waals surface area contributed by atoms with Crippen LogP contribution in [0.4, 0.5) is 4.39 Å². The van der Waals surface area contributed by atoms with Gasteiger partial charge in [0.1, 0.15) is 11.5 Å². The molecule has 8 heteroatoms. The first kappa shape index (κ1) is 18.6. The van der Waals surface area contributed by atoms with Gasteiger partial charge < -0.3 is 5.11 Å². The van der Waals surface area contributed by atoms with Crippen molar-refractivity contribution in [1.29, 1.82) is 0 Å². The molecule has 1 atom stereocenters. The first-order chi connectivity index (χ1) is 12.2. The normalized spacial score (nSPS) is 13.4. The van der Waals surface area contributed by atoms with Crippen LogP contribution < -0.4 is 0 Å². The largest absolute Gasteiger partial charge is 0.372 e. The molecule has 1 aromatic carbocycles. The zero-order chi connectivity index (χ0) is 19.1. The van der Waals surface area contributed by atoms with Gasteiger partial charge in [-0.3, -0.25) is 4.90 Å². The van der Waals surface area contributed by atoms with Gasteiger partial charge in [-0.2, -0.15) is 4.68 Å². The Balaban J connectivity index is 1.90. The molecule has 0 saturated carbocycles. The van der Waals surface area contributed by atoms with Crippen LogP contribution in [0.15, 0.2) is 29.6 Å². The molecule has 0 aliphatic heterocycles. The summed E-state index contributed by atoms with van der Waals surface area (Å²) in [5, 5.41) is 21.4. The molecule has 0 spiro atoms. The molecule has 0 fully saturated rings. The minimum absolute atomic E-state index is 0.192. The topological polar surface area (TPSA) is 67.1 Å². The number of rotatable bonds is 4. The van der Waals surface area contributed by atoms with Crippen molar-refractivity contribution >= 4 is 11.3 Å². The van der Waals surface area contributed by atoms with E-state index in [0.29, 0.717) is 16.5 Å². The molecule has 26 heavy (non-hydrogen) atoms. The molecule has 0 saturated heterocycles. The van der Waals surface area contributed by atoms with Crippen LogP contribution in [0.3, 0.4) is 0 Å². The van der Waals surface area contributed by atoms with E-state index in [-0.39, 0.29) is 11.4 Å². The van der Waals surface area contributed by atoms with Crippen LogP contribution in [0.1, 0.15) is 38.4 Å². The van der Waals surface area contributed by atoms with Crippen molar-refractivity contribution in [1.82, 2.24) is 24.9 Å². The highest BCUT2D eigenvalue weighted by molar-refractivity contribution is 7.12.